The predicted molar refractivity (Wildman–Crippen MR) is 80.0 cm³/mol. The van der Waals surface area contributed by atoms with Crippen LogP contribution in [0, 0.1) is 26.6 Å². The molecule has 0 fully saturated rings. The van der Waals surface area contributed by atoms with E-state index in [9.17, 15) is 9.18 Å². The van der Waals surface area contributed by atoms with E-state index in [0.29, 0.717) is 11.5 Å². The molecule has 118 valence electrons. The molecule has 2 heterocycles. The van der Waals surface area contributed by atoms with Crippen LogP contribution in [0.15, 0.2) is 28.8 Å². The number of rotatable bonds is 3. The zero-order chi connectivity index (χ0) is 16.6. The molecular weight excluding hydrogens is 301 g/mol. The Morgan fingerprint density at radius 2 is 2.04 bits per heavy atom. The van der Waals surface area contributed by atoms with Crippen LogP contribution in [0.25, 0.3) is 5.69 Å². The molecule has 2 aromatic heterocycles. The molecular formula is C15H14FN5O2. The molecule has 0 aliphatic rings. The number of carbonyl (C=O) groups excluding carboxylic acids is 1. The molecule has 23 heavy (non-hydrogen) atoms. The van der Waals surface area contributed by atoms with Crippen LogP contribution in [0.5, 0.6) is 0 Å². The lowest BCUT2D eigenvalue weighted by Crippen LogP contribution is -2.14. The standard InChI is InChI=1S/C15H14FN5O2/c1-8-4-5-12(11(16)6-8)21-10(3)14(18-20-21)15(22)17-13-7-9(2)23-19-13/h4-7H,1-3H3,(H,17,19,22). The van der Waals surface area contributed by atoms with Gasteiger partial charge in [-0.2, -0.15) is 0 Å². The van der Waals surface area contributed by atoms with E-state index in [-0.39, 0.29) is 17.2 Å². The minimum Gasteiger partial charge on any atom is -0.360 e. The number of nitrogens with one attached hydrogen (secondary N) is 1. The van der Waals surface area contributed by atoms with Crippen LogP contribution in [0.1, 0.15) is 27.5 Å². The highest BCUT2D eigenvalue weighted by molar-refractivity contribution is 6.03. The van der Waals surface area contributed by atoms with Gasteiger partial charge in [0.1, 0.15) is 17.3 Å². The number of aryl methyl sites for hydroxylation is 2. The largest absolute Gasteiger partial charge is 0.360 e. The minimum atomic E-state index is -0.491. The van der Waals surface area contributed by atoms with Crippen molar-refractivity contribution >= 4 is 11.7 Å². The van der Waals surface area contributed by atoms with Gasteiger partial charge >= 0.3 is 0 Å². The van der Waals surface area contributed by atoms with Gasteiger partial charge in [-0.25, -0.2) is 9.07 Å². The number of nitrogens with zero attached hydrogens (tertiary/aromatic N) is 4. The second-order valence-corrected chi connectivity index (χ2v) is 5.17. The summed E-state index contributed by atoms with van der Waals surface area (Å²) >= 11 is 0. The SMILES string of the molecule is Cc1ccc(-n2nnc(C(=O)Nc3cc(C)on3)c2C)c(F)c1. The van der Waals surface area contributed by atoms with Gasteiger partial charge in [0, 0.05) is 6.07 Å². The van der Waals surface area contributed by atoms with Gasteiger partial charge in [-0.1, -0.05) is 16.4 Å². The third kappa shape index (κ3) is 2.83. The molecule has 0 saturated heterocycles. The summed E-state index contributed by atoms with van der Waals surface area (Å²) in [5.41, 5.74) is 1.54. The van der Waals surface area contributed by atoms with E-state index in [2.05, 4.69) is 20.8 Å². The number of carbonyl (C=O) groups is 1. The smallest absolute Gasteiger partial charge is 0.279 e. The van der Waals surface area contributed by atoms with E-state index < -0.39 is 11.7 Å². The summed E-state index contributed by atoms with van der Waals surface area (Å²) in [6.07, 6.45) is 0. The fourth-order valence-corrected chi connectivity index (χ4v) is 2.15. The Bertz CT molecular complexity index is 884. The molecule has 0 radical (unpaired) electrons. The molecule has 8 heteroatoms. The Labute approximate surface area is 131 Å². The molecule has 1 aromatic carbocycles. The van der Waals surface area contributed by atoms with Crippen LogP contribution in [0.3, 0.4) is 0 Å². The molecule has 0 aliphatic heterocycles. The summed E-state index contributed by atoms with van der Waals surface area (Å²) in [4.78, 5) is 12.2. The first kappa shape index (κ1) is 14.9. The first-order chi connectivity index (χ1) is 11.0. The van der Waals surface area contributed by atoms with E-state index in [1.165, 1.54) is 10.7 Å². The van der Waals surface area contributed by atoms with E-state index in [1.54, 1.807) is 39.0 Å². The Morgan fingerprint density at radius 3 is 2.70 bits per heavy atom. The lowest BCUT2D eigenvalue weighted by atomic mass is 10.2. The number of aromatic nitrogens is 4. The summed E-state index contributed by atoms with van der Waals surface area (Å²) in [5, 5.41) is 13.9. The second kappa shape index (κ2) is 5.64. The van der Waals surface area contributed by atoms with Gasteiger partial charge in [0.15, 0.2) is 11.5 Å². The first-order valence-electron chi connectivity index (χ1n) is 6.89. The van der Waals surface area contributed by atoms with Crippen molar-refractivity contribution in [2.75, 3.05) is 5.32 Å². The monoisotopic (exact) mass is 315 g/mol. The summed E-state index contributed by atoms with van der Waals surface area (Å²) in [7, 11) is 0. The molecule has 1 N–H and O–H groups in total. The van der Waals surface area contributed by atoms with Crippen molar-refractivity contribution in [1.29, 1.82) is 0 Å². The summed E-state index contributed by atoms with van der Waals surface area (Å²) in [6.45, 7) is 5.15. The Hall–Kier alpha value is -3.03. The van der Waals surface area contributed by atoms with E-state index in [4.69, 9.17) is 4.52 Å². The van der Waals surface area contributed by atoms with Gasteiger partial charge in [0.2, 0.25) is 0 Å². The van der Waals surface area contributed by atoms with Gasteiger partial charge < -0.3 is 9.84 Å². The third-order valence-electron chi connectivity index (χ3n) is 3.31. The van der Waals surface area contributed by atoms with E-state index >= 15 is 0 Å². The van der Waals surface area contributed by atoms with Gasteiger partial charge in [0.25, 0.3) is 5.91 Å². The first-order valence-corrected chi connectivity index (χ1v) is 6.89. The average molecular weight is 315 g/mol. The van der Waals surface area contributed by atoms with Gasteiger partial charge in [-0.15, -0.1) is 5.10 Å². The molecule has 0 bridgehead atoms. The zero-order valence-corrected chi connectivity index (χ0v) is 12.8. The molecule has 3 aromatic rings. The van der Waals surface area contributed by atoms with Crippen molar-refractivity contribution in [3.8, 4) is 5.69 Å². The quantitative estimate of drug-likeness (QED) is 0.803. The van der Waals surface area contributed by atoms with Gasteiger partial charge in [0.05, 0.1) is 5.69 Å². The van der Waals surface area contributed by atoms with Crippen LogP contribution in [0.4, 0.5) is 10.2 Å². The maximum atomic E-state index is 14.1. The Balaban J connectivity index is 1.91. The van der Waals surface area contributed by atoms with Crippen LogP contribution >= 0.6 is 0 Å². The number of anilines is 1. The van der Waals surface area contributed by atoms with Crippen LogP contribution in [-0.4, -0.2) is 26.1 Å². The fraction of sp³-hybridized carbons (Fsp3) is 0.200. The summed E-state index contributed by atoms with van der Waals surface area (Å²) in [6, 6.07) is 6.33. The fourth-order valence-electron chi connectivity index (χ4n) is 2.15. The predicted octanol–water partition coefficient (Wildman–Crippen LogP) is 2.57. The summed E-state index contributed by atoms with van der Waals surface area (Å²) in [5.74, 6) is -0.0722. The van der Waals surface area contributed by atoms with Gasteiger partial charge in [-0.3, -0.25) is 4.79 Å². The number of hydrogen-bond donors (Lipinski definition) is 1. The third-order valence-corrected chi connectivity index (χ3v) is 3.31. The highest BCUT2D eigenvalue weighted by Crippen LogP contribution is 2.18. The van der Waals surface area contributed by atoms with Crippen molar-refractivity contribution in [1.82, 2.24) is 20.2 Å². The van der Waals surface area contributed by atoms with Crippen LogP contribution in [0.2, 0.25) is 0 Å². The normalized spacial score (nSPS) is 10.8. The van der Waals surface area contributed by atoms with Crippen molar-refractivity contribution < 1.29 is 13.7 Å². The maximum absolute atomic E-state index is 14.1. The number of benzene rings is 1. The molecule has 0 aliphatic carbocycles. The molecule has 7 nitrogen and oxygen atoms in total. The number of amides is 1. The molecule has 0 unspecified atom stereocenters. The Kier molecular flexibility index (Phi) is 3.65. The molecule has 0 atom stereocenters. The number of halogens is 1. The zero-order valence-electron chi connectivity index (χ0n) is 12.8. The molecule has 3 rings (SSSR count). The number of hydrogen-bond acceptors (Lipinski definition) is 5. The highest BCUT2D eigenvalue weighted by atomic mass is 19.1. The lowest BCUT2D eigenvalue weighted by Gasteiger charge is -2.06. The highest BCUT2D eigenvalue weighted by Gasteiger charge is 2.20. The maximum Gasteiger partial charge on any atom is 0.279 e. The van der Waals surface area contributed by atoms with Crippen LogP contribution < -0.4 is 5.32 Å². The van der Waals surface area contributed by atoms with E-state index in [0.717, 1.165) is 5.56 Å². The van der Waals surface area contributed by atoms with Gasteiger partial charge in [-0.05, 0) is 38.5 Å². The Morgan fingerprint density at radius 1 is 1.26 bits per heavy atom. The molecule has 1 amide bonds. The lowest BCUT2D eigenvalue weighted by molar-refractivity contribution is 0.102. The summed E-state index contributed by atoms with van der Waals surface area (Å²) < 4.78 is 20.2. The van der Waals surface area contributed by atoms with Crippen molar-refractivity contribution in [2.45, 2.75) is 20.8 Å². The van der Waals surface area contributed by atoms with Crippen molar-refractivity contribution in [3.63, 3.8) is 0 Å². The topological polar surface area (TPSA) is 85.8 Å². The minimum absolute atomic E-state index is 0.0885. The second-order valence-electron chi connectivity index (χ2n) is 5.17. The van der Waals surface area contributed by atoms with Crippen molar-refractivity contribution in [3.05, 3.63) is 52.8 Å². The molecule has 0 saturated carbocycles. The van der Waals surface area contributed by atoms with Crippen molar-refractivity contribution in [2.24, 2.45) is 0 Å². The van der Waals surface area contributed by atoms with Crippen LogP contribution in [-0.2, 0) is 0 Å². The van der Waals surface area contributed by atoms with E-state index in [1.807, 2.05) is 0 Å². The average Bonchev–Trinajstić information content (AvgIpc) is 3.05. The molecule has 0 spiro atoms.